The van der Waals surface area contributed by atoms with Crippen molar-refractivity contribution in [2.45, 2.75) is 208 Å². The number of unbranched alkanes of at least 4 members (excludes halogenated alkanes) is 16. The first-order valence-electron chi connectivity index (χ1n) is 21.2. The zero-order valence-corrected chi connectivity index (χ0v) is 33.4. The van der Waals surface area contributed by atoms with Crippen LogP contribution < -0.4 is 5.32 Å². The predicted molar refractivity (Wildman–Crippen MR) is 209 cm³/mol. The van der Waals surface area contributed by atoms with E-state index < -0.39 is 0 Å². The molecule has 0 aromatic carbocycles. The zero-order chi connectivity index (χ0) is 36.4. The molecule has 0 spiro atoms. The first-order chi connectivity index (χ1) is 23.8. The fraction of sp³-hybridized carbons (Fsp3) is 0.929. The topological polar surface area (TPSA) is 84.9 Å². The highest BCUT2D eigenvalue weighted by atomic mass is 16.5. The van der Waals surface area contributed by atoms with E-state index in [1.807, 2.05) is 13.8 Å². The van der Waals surface area contributed by atoms with Crippen LogP contribution in [0.4, 0.5) is 0 Å². The Kier molecular flexibility index (Phi) is 33.6. The summed E-state index contributed by atoms with van der Waals surface area (Å²) >= 11 is 0. The van der Waals surface area contributed by atoms with Crippen molar-refractivity contribution in [3.8, 4) is 0 Å². The minimum absolute atomic E-state index is 0. The smallest absolute Gasteiger partial charge is 0.308 e. The summed E-state index contributed by atoms with van der Waals surface area (Å²) in [6.45, 7) is 14.7. The maximum Gasteiger partial charge on any atom is 0.308 e. The summed E-state index contributed by atoms with van der Waals surface area (Å²) in [7, 11) is 0. The van der Waals surface area contributed by atoms with Crippen LogP contribution in [0.25, 0.3) is 0 Å². The largest absolute Gasteiger partial charge is 0.464 e. The van der Waals surface area contributed by atoms with Gasteiger partial charge < -0.3 is 19.7 Å². The lowest BCUT2D eigenvalue weighted by molar-refractivity contribution is -0.152. The molecule has 0 aliphatic heterocycles. The van der Waals surface area contributed by atoms with E-state index in [4.69, 9.17) is 9.47 Å². The number of nitrogens with one attached hydrogen (secondary N) is 1. The van der Waals surface area contributed by atoms with E-state index in [2.05, 4.69) is 33.0 Å². The molecule has 0 radical (unpaired) electrons. The molecule has 0 aliphatic rings. The van der Waals surface area contributed by atoms with Gasteiger partial charge in [0.25, 0.3) is 0 Å². The van der Waals surface area contributed by atoms with Crippen LogP contribution in [0.15, 0.2) is 0 Å². The molecule has 0 aliphatic carbocycles. The molecule has 0 heterocycles. The molecule has 0 aromatic heterocycles. The van der Waals surface area contributed by atoms with E-state index in [0.717, 1.165) is 70.8 Å². The van der Waals surface area contributed by atoms with Gasteiger partial charge in [0.1, 0.15) is 13.2 Å². The van der Waals surface area contributed by atoms with Gasteiger partial charge in [0.2, 0.25) is 5.91 Å². The summed E-state index contributed by atoms with van der Waals surface area (Å²) in [6.07, 6.45) is 27.6. The van der Waals surface area contributed by atoms with Crippen molar-refractivity contribution in [3.05, 3.63) is 0 Å². The van der Waals surface area contributed by atoms with Gasteiger partial charge in [-0.1, -0.05) is 163 Å². The number of amides is 1. The first-order valence-corrected chi connectivity index (χ1v) is 21.2. The lowest BCUT2D eigenvalue weighted by Gasteiger charge is -2.25. The molecule has 49 heavy (non-hydrogen) atoms. The van der Waals surface area contributed by atoms with Crippen molar-refractivity contribution >= 4 is 17.8 Å². The molecule has 1 N–H and O–H groups in total. The maximum absolute atomic E-state index is 13.4. The van der Waals surface area contributed by atoms with Crippen LogP contribution in [0.3, 0.4) is 0 Å². The molecule has 0 saturated heterocycles. The second-order valence-electron chi connectivity index (χ2n) is 14.6. The van der Waals surface area contributed by atoms with Crippen LogP contribution in [-0.2, 0) is 23.9 Å². The number of carbonyl (C=O) groups is 3. The Bertz CT molecular complexity index is 733. The van der Waals surface area contributed by atoms with Crippen molar-refractivity contribution in [2.75, 3.05) is 32.8 Å². The summed E-state index contributed by atoms with van der Waals surface area (Å²) in [5.41, 5.74) is 0. The first kappa shape index (κ1) is 47.4. The van der Waals surface area contributed by atoms with Gasteiger partial charge in [-0.15, -0.1) is 0 Å². The number of hydrogen-bond acceptors (Lipinski definition) is 6. The molecule has 3 atom stereocenters. The second-order valence-corrected chi connectivity index (χ2v) is 14.6. The molecule has 0 bridgehead atoms. The number of esters is 2. The SMILES string of the molecule is CCCCCCCCC(CCCCCC)C(=O)OCCN(CCOC(=O)C(CCCCCC)CCCCCCCC)C(=O)CC(C)NCC.[HH]. The fourth-order valence-electron chi connectivity index (χ4n) is 6.66. The molecule has 0 fully saturated rings. The number of rotatable bonds is 36. The van der Waals surface area contributed by atoms with Gasteiger partial charge >= 0.3 is 11.9 Å². The lowest BCUT2D eigenvalue weighted by atomic mass is 9.94. The van der Waals surface area contributed by atoms with E-state index in [1.165, 1.54) is 89.9 Å². The van der Waals surface area contributed by atoms with Gasteiger partial charge in [-0.25, -0.2) is 0 Å². The van der Waals surface area contributed by atoms with Crippen molar-refractivity contribution < 1.29 is 25.3 Å². The van der Waals surface area contributed by atoms with Gasteiger partial charge in [-0.05, 0) is 39.2 Å². The van der Waals surface area contributed by atoms with Crippen molar-refractivity contribution in [2.24, 2.45) is 11.8 Å². The Morgan fingerprint density at radius 2 is 0.857 bits per heavy atom. The molecule has 7 heteroatoms. The summed E-state index contributed by atoms with van der Waals surface area (Å²) in [5, 5.41) is 3.32. The summed E-state index contributed by atoms with van der Waals surface area (Å²) in [6, 6.07) is 0.0414. The highest BCUT2D eigenvalue weighted by Crippen LogP contribution is 2.22. The third-order valence-electron chi connectivity index (χ3n) is 9.89. The quantitative estimate of drug-likeness (QED) is 0.0518. The minimum Gasteiger partial charge on any atom is -0.464 e. The van der Waals surface area contributed by atoms with Crippen LogP contribution in [0, 0.1) is 11.8 Å². The minimum atomic E-state index is -0.120. The summed E-state index contributed by atoms with van der Waals surface area (Å²) in [5.74, 6) is -0.381. The monoisotopic (exact) mass is 697 g/mol. The lowest BCUT2D eigenvalue weighted by Crippen LogP contribution is -2.41. The summed E-state index contributed by atoms with van der Waals surface area (Å²) in [4.78, 5) is 41.6. The Hall–Kier alpha value is -1.63. The number of nitrogens with zero attached hydrogens (tertiary/aromatic N) is 1. The molecule has 0 aromatic rings. The molecule has 0 rings (SSSR count). The van der Waals surface area contributed by atoms with Gasteiger partial charge in [0, 0.05) is 13.9 Å². The Morgan fingerprint density at radius 1 is 0.531 bits per heavy atom. The van der Waals surface area contributed by atoms with Crippen LogP contribution in [0.1, 0.15) is 203 Å². The molecule has 1 amide bonds. The highest BCUT2D eigenvalue weighted by molar-refractivity contribution is 5.77. The number of ether oxygens (including phenoxy) is 2. The molecular formula is C42H84N2O5. The van der Waals surface area contributed by atoms with Crippen LogP contribution in [0.5, 0.6) is 0 Å². The Morgan fingerprint density at radius 3 is 1.20 bits per heavy atom. The molecule has 292 valence electrons. The standard InChI is InChI=1S/C42H82N2O5.H2/c1-7-12-16-20-22-26-30-38(28-24-18-14-9-3)41(46)48-34-32-44(40(45)36-37(6)43-11-5)33-35-49-42(47)39(29-25-19-15-10-4)31-27-23-21-17-13-8-2;/h37-39,43H,7-36H2,1-6H3;1H. The van der Waals surface area contributed by atoms with E-state index in [9.17, 15) is 14.4 Å². The third kappa shape index (κ3) is 27.7. The van der Waals surface area contributed by atoms with E-state index >= 15 is 0 Å². The Labute approximate surface area is 305 Å². The average Bonchev–Trinajstić information content (AvgIpc) is 3.08. The van der Waals surface area contributed by atoms with Crippen molar-refractivity contribution in [1.29, 1.82) is 0 Å². The van der Waals surface area contributed by atoms with E-state index in [1.54, 1.807) is 4.90 Å². The van der Waals surface area contributed by atoms with Gasteiger partial charge in [-0.3, -0.25) is 14.4 Å². The van der Waals surface area contributed by atoms with Crippen LogP contribution in [-0.4, -0.2) is 61.6 Å². The predicted octanol–water partition coefficient (Wildman–Crippen LogP) is 11.2. The molecular weight excluding hydrogens is 612 g/mol. The normalized spacial score (nSPS) is 13.2. The maximum atomic E-state index is 13.4. The van der Waals surface area contributed by atoms with Gasteiger partial charge in [0.05, 0.1) is 24.9 Å². The second kappa shape index (κ2) is 34.8. The molecule has 7 nitrogen and oxygen atoms in total. The molecule has 0 saturated carbocycles. The Balaban J connectivity index is 0. The van der Waals surface area contributed by atoms with Crippen molar-refractivity contribution in [1.82, 2.24) is 10.2 Å². The molecule has 3 unspecified atom stereocenters. The van der Waals surface area contributed by atoms with Crippen LogP contribution in [0.2, 0.25) is 0 Å². The third-order valence-corrected chi connectivity index (χ3v) is 9.89. The number of carbonyl (C=O) groups excluding carboxylic acids is 3. The van der Waals surface area contributed by atoms with Gasteiger partial charge in [0.15, 0.2) is 0 Å². The fourth-order valence-corrected chi connectivity index (χ4v) is 6.66. The van der Waals surface area contributed by atoms with E-state index in [0.29, 0.717) is 19.5 Å². The summed E-state index contributed by atoms with van der Waals surface area (Å²) < 4.78 is 11.7. The zero-order valence-electron chi connectivity index (χ0n) is 33.4. The average molecular weight is 697 g/mol. The van der Waals surface area contributed by atoms with Crippen molar-refractivity contribution in [3.63, 3.8) is 0 Å². The van der Waals surface area contributed by atoms with Crippen LogP contribution >= 0.6 is 0 Å². The van der Waals surface area contributed by atoms with Gasteiger partial charge in [-0.2, -0.15) is 0 Å². The number of hydrogen-bond donors (Lipinski definition) is 1. The highest BCUT2D eigenvalue weighted by Gasteiger charge is 2.23. The van der Waals surface area contributed by atoms with E-state index in [-0.39, 0.29) is 50.4 Å².